The van der Waals surface area contributed by atoms with Crippen molar-refractivity contribution in [1.82, 2.24) is 9.55 Å². The van der Waals surface area contributed by atoms with Crippen LogP contribution in [0.1, 0.15) is 21.5 Å². The molecule has 36 heavy (non-hydrogen) atoms. The van der Waals surface area contributed by atoms with Gasteiger partial charge in [0, 0.05) is 37.6 Å². The Labute approximate surface area is 207 Å². The first-order valence-electron chi connectivity index (χ1n) is 10.9. The number of carbonyl (C=O) groups excluding carboxylic acids is 1. The van der Waals surface area contributed by atoms with Gasteiger partial charge in [0.25, 0.3) is 5.91 Å². The number of halogens is 1. The van der Waals surface area contributed by atoms with Crippen LogP contribution in [0.3, 0.4) is 0 Å². The van der Waals surface area contributed by atoms with Crippen molar-refractivity contribution in [2.45, 2.75) is 13.3 Å². The van der Waals surface area contributed by atoms with Crippen molar-refractivity contribution in [3.05, 3.63) is 89.4 Å². The average molecular weight is 495 g/mol. The number of hydrogen-bond donors (Lipinski definition) is 5. The van der Waals surface area contributed by atoms with E-state index in [-0.39, 0.29) is 41.6 Å². The van der Waals surface area contributed by atoms with E-state index in [1.54, 1.807) is 25.5 Å². The third-order valence-corrected chi connectivity index (χ3v) is 5.27. The third-order valence-electron chi connectivity index (χ3n) is 5.27. The van der Waals surface area contributed by atoms with Crippen LogP contribution in [-0.4, -0.2) is 40.2 Å². The number of carboxylic acid groups (broad SMARTS) is 1. The molecule has 7 N–H and O–H groups in total. The Morgan fingerprint density at radius 2 is 1.97 bits per heavy atom. The number of aromatic carboxylic acids is 1. The van der Waals surface area contributed by atoms with Crippen LogP contribution in [0.2, 0.25) is 0 Å². The molecule has 0 aliphatic heterocycles. The summed E-state index contributed by atoms with van der Waals surface area (Å²) in [5, 5.41) is 15.0. The van der Waals surface area contributed by atoms with Crippen LogP contribution in [0.5, 0.6) is 5.75 Å². The molecule has 1 aromatic heterocycles. The first-order chi connectivity index (χ1) is 17.2. The fourth-order valence-corrected chi connectivity index (χ4v) is 3.30. The van der Waals surface area contributed by atoms with E-state index in [0.29, 0.717) is 11.3 Å². The van der Waals surface area contributed by atoms with Gasteiger partial charge in [0.1, 0.15) is 23.7 Å². The lowest BCUT2D eigenvalue weighted by Gasteiger charge is -2.13. The van der Waals surface area contributed by atoms with Gasteiger partial charge in [-0.05, 0) is 54.5 Å². The minimum Gasteiger partial charge on any atom is -0.493 e. The van der Waals surface area contributed by atoms with Crippen LogP contribution in [-0.2, 0) is 11.2 Å². The molecule has 0 atom stereocenters. The summed E-state index contributed by atoms with van der Waals surface area (Å²) in [6.45, 7) is 1.94. The number of ether oxygens (including phenoxy) is 1. The number of nitrogens with zero attached hydrogens (tertiary/aromatic N) is 2. The summed E-state index contributed by atoms with van der Waals surface area (Å²) in [5.41, 5.74) is 13.4. The van der Waals surface area contributed by atoms with Gasteiger partial charge >= 0.3 is 5.97 Å². The monoisotopic (exact) mass is 494 g/mol. The van der Waals surface area contributed by atoms with Gasteiger partial charge in [-0.2, -0.15) is 0 Å². The zero-order valence-electron chi connectivity index (χ0n) is 19.8. The molecule has 11 heteroatoms. The summed E-state index contributed by atoms with van der Waals surface area (Å²) in [4.78, 5) is 28.1. The number of amides is 1. The van der Waals surface area contributed by atoms with Crippen LogP contribution in [0.4, 0.5) is 15.8 Å². The zero-order chi connectivity index (χ0) is 26.2. The normalized spacial score (nSPS) is 11.8. The molecule has 1 heterocycles. The van der Waals surface area contributed by atoms with Crippen LogP contribution in [0, 0.1) is 12.7 Å². The van der Waals surface area contributed by atoms with Crippen LogP contribution < -0.4 is 26.8 Å². The van der Waals surface area contributed by atoms with Crippen molar-refractivity contribution in [2.75, 3.05) is 24.3 Å². The smallest absolute Gasteiger partial charge is 0.337 e. The van der Waals surface area contributed by atoms with Crippen LogP contribution in [0.15, 0.2) is 66.9 Å². The number of aromatic nitrogens is 2. The molecule has 3 aromatic rings. The number of nitrogens with two attached hydrogens (primary N) is 2. The number of carboxylic acids is 1. The first-order valence-corrected chi connectivity index (χ1v) is 10.9. The molecule has 0 bridgehead atoms. The van der Waals surface area contributed by atoms with E-state index in [2.05, 4.69) is 15.6 Å². The van der Waals surface area contributed by atoms with Crippen molar-refractivity contribution in [3.63, 3.8) is 0 Å². The standard InChI is InChI=1S/C25H27FN6O4/c1-15-11-19(26)16(12-21(15)29-2)7-10-36-17-3-4-18(25(34)35)22(13-17)31-24(33)20(27)5-6-23(28)32-9-8-30-14-32/h3-6,8-9,11-14,29H,7,10,27-28H2,1-2H3,(H,31,33)(H,34,35)/b20-5-,23-6+. The first kappa shape index (κ1) is 25.8. The zero-order valence-corrected chi connectivity index (χ0v) is 19.8. The Morgan fingerprint density at radius 3 is 2.64 bits per heavy atom. The van der Waals surface area contributed by atoms with Crippen molar-refractivity contribution in [1.29, 1.82) is 0 Å². The summed E-state index contributed by atoms with van der Waals surface area (Å²) >= 11 is 0. The Balaban J connectivity index is 1.71. The van der Waals surface area contributed by atoms with Crippen molar-refractivity contribution in [3.8, 4) is 5.75 Å². The summed E-state index contributed by atoms with van der Waals surface area (Å²) in [6, 6.07) is 7.30. The minimum absolute atomic E-state index is 0.00750. The van der Waals surface area contributed by atoms with Gasteiger partial charge in [0.15, 0.2) is 0 Å². The highest BCUT2D eigenvalue weighted by atomic mass is 19.1. The van der Waals surface area contributed by atoms with Gasteiger partial charge in [0.05, 0.1) is 23.6 Å². The van der Waals surface area contributed by atoms with Gasteiger partial charge in [-0.3, -0.25) is 9.36 Å². The number of carbonyl (C=O) groups is 2. The fraction of sp³-hybridized carbons (Fsp3) is 0.160. The van der Waals surface area contributed by atoms with E-state index in [1.165, 1.54) is 47.3 Å². The lowest BCUT2D eigenvalue weighted by Crippen LogP contribution is -2.21. The number of imidazole rings is 1. The van der Waals surface area contributed by atoms with Crippen LogP contribution in [0.25, 0.3) is 5.82 Å². The highest BCUT2D eigenvalue weighted by molar-refractivity contribution is 6.07. The number of nitrogens with one attached hydrogen (secondary N) is 2. The summed E-state index contributed by atoms with van der Waals surface area (Å²) in [7, 11) is 1.76. The number of allylic oxidation sites excluding steroid dienone is 2. The average Bonchev–Trinajstić information content (AvgIpc) is 3.39. The predicted octanol–water partition coefficient (Wildman–Crippen LogP) is 2.93. The van der Waals surface area contributed by atoms with Gasteiger partial charge < -0.3 is 31.9 Å². The fourth-order valence-electron chi connectivity index (χ4n) is 3.30. The highest BCUT2D eigenvalue weighted by Gasteiger charge is 2.15. The second-order valence-corrected chi connectivity index (χ2v) is 7.76. The molecular formula is C25H27FN6O4. The molecule has 10 nitrogen and oxygen atoms in total. The molecule has 0 spiro atoms. The van der Waals surface area contributed by atoms with Gasteiger partial charge in [-0.1, -0.05) is 0 Å². The minimum atomic E-state index is -1.25. The molecule has 0 unspecified atom stereocenters. The number of benzene rings is 2. The summed E-state index contributed by atoms with van der Waals surface area (Å²) < 4.78 is 21.5. The van der Waals surface area contributed by atoms with E-state index < -0.39 is 11.9 Å². The molecule has 0 fully saturated rings. The number of rotatable bonds is 10. The summed E-state index contributed by atoms with van der Waals surface area (Å²) in [6.07, 6.45) is 7.63. The topological polar surface area (TPSA) is 158 Å². The third kappa shape index (κ3) is 6.41. The number of aryl methyl sites for hydroxylation is 1. The maximum atomic E-state index is 14.3. The maximum absolute atomic E-state index is 14.3. The maximum Gasteiger partial charge on any atom is 0.337 e. The SMILES string of the molecule is CNc1cc(CCOc2ccc(C(=O)O)c(NC(=O)/C(N)=C/C=C(\N)n3ccnc3)c2)c(F)cc1C. The Bertz CT molecular complexity index is 1320. The largest absolute Gasteiger partial charge is 0.493 e. The van der Waals surface area contributed by atoms with E-state index in [1.807, 2.05) is 6.92 Å². The van der Waals surface area contributed by atoms with E-state index in [4.69, 9.17) is 16.2 Å². The molecule has 0 saturated carbocycles. The highest BCUT2D eigenvalue weighted by Crippen LogP contribution is 2.24. The van der Waals surface area contributed by atoms with E-state index in [0.717, 1.165) is 11.3 Å². The summed E-state index contributed by atoms with van der Waals surface area (Å²) in [5.74, 6) is -1.75. The second-order valence-electron chi connectivity index (χ2n) is 7.76. The lowest BCUT2D eigenvalue weighted by atomic mass is 10.1. The molecule has 0 radical (unpaired) electrons. The lowest BCUT2D eigenvalue weighted by molar-refractivity contribution is -0.112. The van der Waals surface area contributed by atoms with Crippen molar-refractivity contribution in [2.24, 2.45) is 11.5 Å². The predicted molar refractivity (Wildman–Crippen MR) is 135 cm³/mol. The number of anilines is 2. The van der Waals surface area contributed by atoms with Crippen LogP contribution >= 0.6 is 0 Å². The second kappa shape index (κ2) is 11.6. The van der Waals surface area contributed by atoms with Crippen molar-refractivity contribution >= 4 is 29.1 Å². The van der Waals surface area contributed by atoms with Gasteiger partial charge in [-0.25, -0.2) is 14.2 Å². The molecular weight excluding hydrogens is 467 g/mol. The number of hydrogen-bond acceptors (Lipinski definition) is 7. The quantitative estimate of drug-likeness (QED) is 0.213. The molecule has 2 aromatic carbocycles. The Hall–Kier alpha value is -4.80. The molecule has 188 valence electrons. The Kier molecular flexibility index (Phi) is 8.29. The van der Waals surface area contributed by atoms with Gasteiger partial charge in [-0.15, -0.1) is 0 Å². The molecule has 1 amide bonds. The van der Waals surface area contributed by atoms with E-state index >= 15 is 0 Å². The van der Waals surface area contributed by atoms with Gasteiger partial charge in [0.2, 0.25) is 0 Å². The molecule has 0 aliphatic carbocycles. The Morgan fingerprint density at radius 1 is 1.19 bits per heavy atom. The van der Waals surface area contributed by atoms with E-state index in [9.17, 15) is 19.1 Å². The molecule has 0 aliphatic rings. The van der Waals surface area contributed by atoms with Crippen molar-refractivity contribution < 1.29 is 23.8 Å². The molecule has 0 saturated heterocycles. The molecule has 3 rings (SSSR count).